The maximum atomic E-state index is 4.21. The van der Waals surface area contributed by atoms with E-state index >= 15 is 0 Å². The number of nitrogens with one attached hydrogen (secondary N) is 2. The van der Waals surface area contributed by atoms with Crippen molar-refractivity contribution in [3.05, 3.63) is 42.5 Å². The predicted molar refractivity (Wildman–Crippen MR) is 77.0 cm³/mol. The molecule has 0 saturated carbocycles. The van der Waals surface area contributed by atoms with E-state index in [1.807, 2.05) is 18.2 Å². The summed E-state index contributed by atoms with van der Waals surface area (Å²) < 4.78 is 0. The van der Waals surface area contributed by atoms with Gasteiger partial charge in [0.2, 0.25) is 0 Å². The lowest BCUT2D eigenvalue weighted by Gasteiger charge is -2.12. The highest BCUT2D eigenvalue weighted by Crippen LogP contribution is 2.11. The van der Waals surface area contributed by atoms with Gasteiger partial charge in [-0.2, -0.15) is 0 Å². The zero-order valence-corrected chi connectivity index (χ0v) is 11.3. The number of rotatable bonds is 6. The van der Waals surface area contributed by atoms with E-state index in [-0.39, 0.29) is 0 Å². The molecule has 5 heteroatoms. The van der Waals surface area contributed by atoms with E-state index in [1.54, 1.807) is 18.7 Å². The van der Waals surface area contributed by atoms with Crippen LogP contribution in [0.25, 0.3) is 0 Å². The Bertz CT molecular complexity index is 500. The zero-order chi connectivity index (χ0) is 13.5. The molecule has 0 bridgehead atoms. The molecule has 19 heavy (non-hydrogen) atoms. The Kier molecular flexibility index (Phi) is 4.66. The second kappa shape index (κ2) is 6.68. The first-order valence-corrected chi connectivity index (χ1v) is 6.49. The summed E-state index contributed by atoms with van der Waals surface area (Å²) in [6.45, 7) is 5.00. The van der Waals surface area contributed by atoms with Gasteiger partial charge in [-0.3, -0.25) is 4.98 Å². The minimum Gasteiger partial charge on any atom is -0.367 e. The van der Waals surface area contributed by atoms with Crippen LogP contribution in [0.15, 0.2) is 36.9 Å². The van der Waals surface area contributed by atoms with Gasteiger partial charge in [-0.05, 0) is 31.0 Å². The molecular formula is C14H19N5. The third kappa shape index (κ3) is 4.21. The number of hydrogen-bond acceptors (Lipinski definition) is 5. The fraction of sp³-hybridized carbons (Fsp3) is 0.357. The van der Waals surface area contributed by atoms with Crippen molar-refractivity contribution in [1.82, 2.24) is 15.0 Å². The van der Waals surface area contributed by atoms with Gasteiger partial charge >= 0.3 is 0 Å². The van der Waals surface area contributed by atoms with Gasteiger partial charge in [0.05, 0.1) is 0 Å². The summed E-state index contributed by atoms with van der Waals surface area (Å²) in [5.41, 5.74) is 1.17. The average molecular weight is 257 g/mol. The van der Waals surface area contributed by atoms with Crippen molar-refractivity contribution in [1.29, 1.82) is 0 Å². The van der Waals surface area contributed by atoms with E-state index in [1.165, 1.54) is 5.56 Å². The average Bonchev–Trinajstić information content (AvgIpc) is 2.46. The Morgan fingerprint density at radius 1 is 1.16 bits per heavy atom. The van der Waals surface area contributed by atoms with Gasteiger partial charge in [-0.1, -0.05) is 6.92 Å². The van der Waals surface area contributed by atoms with Crippen molar-refractivity contribution in [2.45, 2.75) is 32.9 Å². The third-order valence-corrected chi connectivity index (χ3v) is 2.90. The summed E-state index contributed by atoms with van der Waals surface area (Å²) in [7, 11) is 0. The maximum absolute atomic E-state index is 4.21. The highest BCUT2D eigenvalue weighted by molar-refractivity contribution is 5.47. The first-order valence-electron chi connectivity index (χ1n) is 6.49. The van der Waals surface area contributed by atoms with Crippen LogP contribution < -0.4 is 10.6 Å². The van der Waals surface area contributed by atoms with Crippen molar-refractivity contribution in [3.8, 4) is 0 Å². The molecule has 2 aromatic heterocycles. The van der Waals surface area contributed by atoms with Gasteiger partial charge in [0.15, 0.2) is 0 Å². The van der Waals surface area contributed by atoms with Crippen LogP contribution in [0, 0.1) is 0 Å². The standard InChI is InChI=1S/C14H19N5/c1-3-11(2)19-14-8-13(17-10-18-14)16-9-12-4-6-15-7-5-12/h4-8,10-11H,3,9H2,1-2H3,(H2,16,17,18,19). The molecule has 0 aliphatic heterocycles. The molecule has 100 valence electrons. The van der Waals surface area contributed by atoms with E-state index in [2.05, 4.69) is 39.4 Å². The summed E-state index contributed by atoms with van der Waals surface area (Å²) in [6, 6.07) is 6.29. The second-order valence-corrected chi connectivity index (χ2v) is 4.45. The van der Waals surface area contributed by atoms with Gasteiger partial charge in [0, 0.05) is 31.0 Å². The predicted octanol–water partition coefficient (Wildman–Crippen LogP) is 2.69. The van der Waals surface area contributed by atoms with Crippen molar-refractivity contribution < 1.29 is 0 Å². The number of hydrogen-bond donors (Lipinski definition) is 2. The van der Waals surface area contributed by atoms with Crippen LogP contribution in [-0.4, -0.2) is 21.0 Å². The van der Waals surface area contributed by atoms with Crippen LogP contribution in [0.4, 0.5) is 11.6 Å². The lowest BCUT2D eigenvalue weighted by Crippen LogP contribution is -2.14. The maximum Gasteiger partial charge on any atom is 0.131 e. The van der Waals surface area contributed by atoms with E-state index in [9.17, 15) is 0 Å². The van der Waals surface area contributed by atoms with Crippen LogP contribution in [0.2, 0.25) is 0 Å². The van der Waals surface area contributed by atoms with Crippen LogP contribution in [0.1, 0.15) is 25.8 Å². The van der Waals surface area contributed by atoms with Gasteiger partial charge in [-0.25, -0.2) is 9.97 Å². The first-order chi connectivity index (χ1) is 9.28. The molecule has 2 aromatic rings. The number of aromatic nitrogens is 3. The summed E-state index contributed by atoms with van der Waals surface area (Å²) in [6.07, 6.45) is 6.20. The van der Waals surface area contributed by atoms with Crippen LogP contribution in [0.3, 0.4) is 0 Å². The molecule has 2 rings (SSSR count). The summed E-state index contributed by atoms with van der Waals surface area (Å²) in [5.74, 6) is 1.67. The largest absolute Gasteiger partial charge is 0.367 e. The zero-order valence-electron chi connectivity index (χ0n) is 11.3. The minimum absolute atomic E-state index is 0.406. The molecule has 1 atom stereocenters. The van der Waals surface area contributed by atoms with Crippen molar-refractivity contribution in [2.75, 3.05) is 10.6 Å². The Labute approximate surface area is 113 Å². The summed E-state index contributed by atoms with van der Waals surface area (Å²) in [4.78, 5) is 12.4. The Balaban J connectivity index is 1.95. The van der Waals surface area contributed by atoms with Crippen molar-refractivity contribution in [3.63, 3.8) is 0 Å². The lowest BCUT2D eigenvalue weighted by atomic mass is 10.2. The van der Waals surface area contributed by atoms with E-state index < -0.39 is 0 Å². The third-order valence-electron chi connectivity index (χ3n) is 2.90. The molecular weight excluding hydrogens is 238 g/mol. The number of nitrogens with zero attached hydrogens (tertiary/aromatic N) is 3. The van der Waals surface area contributed by atoms with Gasteiger partial charge in [-0.15, -0.1) is 0 Å². The molecule has 0 saturated heterocycles. The van der Waals surface area contributed by atoms with E-state index in [0.717, 1.165) is 24.6 Å². The number of pyridine rings is 1. The molecule has 0 fully saturated rings. The minimum atomic E-state index is 0.406. The molecule has 0 spiro atoms. The van der Waals surface area contributed by atoms with E-state index in [4.69, 9.17) is 0 Å². The van der Waals surface area contributed by atoms with Crippen LogP contribution in [-0.2, 0) is 6.54 Å². The van der Waals surface area contributed by atoms with Crippen molar-refractivity contribution >= 4 is 11.6 Å². The summed E-state index contributed by atoms with van der Waals surface area (Å²) >= 11 is 0. The molecule has 0 radical (unpaired) electrons. The monoisotopic (exact) mass is 257 g/mol. The first kappa shape index (κ1) is 13.3. The highest BCUT2D eigenvalue weighted by Gasteiger charge is 2.02. The van der Waals surface area contributed by atoms with Gasteiger partial charge in [0.25, 0.3) is 0 Å². The Hall–Kier alpha value is -2.17. The van der Waals surface area contributed by atoms with Crippen LogP contribution >= 0.6 is 0 Å². The Morgan fingerprint density at radius 3 is 2.63 bits per heavy atom. The fourth-order valence-corrected chi connectivity index (χ4v) is 1.58. The molecule has 2 heterocycles. The summed E-state index contributed by atoms with van der Waals surface area (Å²) in [5, 5.41) is 6.60. The SMILES string of the molecule is CCC(C)Nc1cc(NCc2ccncc2)ncn1. The van der Waals surface area contributed by atoms with E-state index in [0.29, 0.717) is 6.04 Å². The molecule has 0 aliphatic rings. The Morgan fingerprint density at radius 2 is 1.89 bits per heavy atom. The van der Waals surface area contributed by atoms with Gasteiger partial charge in [0.1, 0.15) is 18.0 Å². The topological polar surface area (TPSA) is 62.7 Å². The second-order valence-electron chi connectivity index (χ2n) is 4.45. The van der Waals surface area contributed by atoms with Crippen LogP contribution in [0.5, 0.6) is 0 Å². The highest BCUT2D eigenvalue weighted by atomic mass is 15.1. The molecule has 1 unspecified atom stereocenters. The lowest BCUT2D eigenvalue weighted by molar-refractivity contribution is 0.758. The quantitative estimate of drug-likeness (QED) is 0.833. The molecule has 5 nitrogen and oxygen atoms in total. The van der Waals surface area contributed by atoms with Gasteiger partial charge < -0.3 is 10.6 Å². The molecule has 0 aliphatic carbocycles. The fourth-order valence-electron chi connectivity index (χ4n) is 1.58. The smallest absolute Gasteiger partial charge is 0.131 e. The molecule has 2 N–H and O–H groups in total. The molecule has 0 aromatic carbocycles. The normalized spacial score (nSPS) is 11.9. The van der Waals surface area contributed by atoms with Crippen molar-refractivity contribution in [2.24, 2.45) is 0 Å². The molecule has 0 amide bonds. The number of anilines is 2.